The lowest BCUT2D eigenvalue weighted by Gasteiger charge is -2.30. The molecule has 0 bridgehead atoms. The first kappa shape index (κ1) is 19.9. The maximum Gasteiger partial charge on any atom is 0.264 e. The number of anilines is 2. The second kappa shape index (κ2) is 6.97. The second-order valence-electron chi connectivity index (χ2n) is 7.71. The van der Waals surface area contributed by atoms with Gasteiger partial charge in [-0.2, -0.15) is 0 Å². The summed E-state index contributed by atoms with van der Waals surface area (Å²) in [7, 11) is -3.92. The van der Waals surface area contributed by atoms with Gasteiger partial charge in [-0.05, 0) is 43.0 Å². The van der Waals surface area contributed by atoms with Crippen LogP contribution in [0, 0.1) is 12.3 Å². The van der Waals surface area contributed by atoms with Crippen molar-refractivity contribution in [2.75, 3.05) is 10.0 Å². The van der Waals surface area contributed by atoms with Gasteiger partial charge in [0.2, 0.25) is 11.9 Å². The Bertz CT molecular complexity index is 1060. The zero-order chi connectivity index (χ0) is 20.7. The van der Waals surface area contributed by atoms with Crippen LogP contribution in [-0.4, -0.2) is 30.1 Å². The molecule has 8 nitrogen and oxygen atoms in total. The van der Waals surface area contributed by atoms with E-state index in [1.165, 1.54) is 31.2 Å². The Hall–Kier alpha value is -2.81. The van der Waals surface area contributed by atoms with E-state index in [1.54, 1.807) is 6.92 Å². The Morgan fingerprint density at radius 2 is 1.75 bits per heavy atom. The number of carbonyl (C=O) groups excluding carboxylic acids is 2. The zero-order valence-corrected chi connectivity index (χ0v) is 17.0. The number of amides is 1. The standard InChI is InChI=1S/C19H22N4O4S/c1-11-17-15(9-19(3,4)10-16(17)25)22-18(20-11)23-28(26,27)14-7-5-13(6-8-14)21-12(2)24/h5-8H,9-10H2,1-4H3,(H,21,24)(H,20,22,23). The molecule has 1 aromatic heterocycles. The van der Waals surface area contributed by atoms with Crippen molar-refractivity contribution in [2.45, 2.75) is 45.4 Å². The van der Waals surface area contributed by atoms with E-state index in [9.17, 15) is 18.0 Å². The molecule has 0 atom stereocenters. The molecule has 0 radical (unpaired) electrons. The van der Waals surface area contributed by atoms with Crippen LogP contribution in [0.4, 0.5) is 11.6 Å². The van der Waals surface area contributed by atoms with Crippen molar-refractivity contribution >= 4 is 33.3 Å². The van der Waals surface area contributed by atoms with Gasteiger partial charge in [0.05, 0.1) is 21.8 Å². The number of sulfonamides is 1. The molecule has 28 heavy (non-hydrogen) atoms. The molecule has 2 aromatic rings. The average molecular weight is 402 g/mol. The Labute approximate surface area is 163 Å². The molecule has 0 saturated carbocycles. The SMILES string of the molecule is CC(=O)Nc1ccc(S(=O)(=O)Nc2nc(C)c3c(n2)CC(C)(C)CC3=O)cc1. The summed E-state index contributed by atoms with van der Waals surface area (Å²) in [6, 6.07) is 5.75. The molecule has 0 unspecified atom stereocenters. The number of rotatable bonds is 4. The molecule has 9 heteroatoms. The number of fused-ring (bicyclic) bond motifs is 1. The summed E-state index contributed by atoms with van der Waals surface area (Å²) < 4.78 is 27.7. The summed E-state index contributed by atoms with van der Waals surface area (Å²) >= 11 is 0. The number of aryl methyl sites for hydroxylation is 1. The van der Waals surface area contributed by atoms with Crippen LogP contribution in [0.3, 0.4) is 0 Å². The van der Waals surface area contributed by atoms with E-state index in [4.69, 9.17) is 0 Å². The van der Waals surface area contributed by atoms with E-state index in [0.29, 0.717) is 35.5 Å². The van der Waals surface area contributed by atoms with E-state index in [1.807, 2.05) is 13.8 Å². The first-order chi connectivity index (χ1) is 13.0. The summed E-state index contributed by atoms with van der Waals surface area (Å²) in [5, 5.41) is 2.58. The minimum atomic E-state index is -3.92. The molecule has 1 aliphatic rings. The number of benzene rings is 1. The lowest BCUT2D eigenvalue weighted by Crippen LogP contribution is -2.30. The van der Waals surface area contributed by atoms with E-state index < -0.39 is 10.0 Å². The van der Waals surface area contributed by atoms with Crippen molar-refractivity contribution in [1.82, 2.24) is 9.97 Å². The van der Waals surface area contributed by atoms with Crippen LogP contribution >= 0.6 is 0 Å². The fourth-order valence-electron chi connectivity index (χ4n) is 3.31. The summed E-state index contributed by atoms with van der Waals surface area (Å²) in [4.78, 5) is 32.0. The van der Waals surface area contributed by atoms with Gasteiger partial charge in [0.15, 0.2) is 5.78 Å². The van der Waals surface area contributed by atoms with E-state index >= 15 is 0 Å². The van der Waals surface area contributed by atoms with Gasteiger partial charge >= 0.3 is 0 Å². The predicted octanol–water partition coefficient (Wildman–Crippen LogP) is 2.70. The normalized spacial score (nSPS) is 15.6. The lowest BCUT2D eigenvalue weighted by atomic mass is 9.75. The van der Waals surface area contributed by atoms with Crippen LogP contribution in [0.25, 0.3) is 0 Å². The maximum atomic E-state index is 12.7. The highest BCUT2D eigenvalue weighted by Crippen LogP contribution is 2.35. The third kappa shape index (κ3) is 4.19. The average Bonchev–Trinajstić information content (AvgIpc) is 2.52. The molecule has 1 aromatic carbocycles. The van der Waals surface area contributed by atoms with Gasteiger partial charge in [-0.25, -0.2) is 23.1 Å². The van der Waals surface area contributed by atoms with Gasteiger partial charge in [0, 0.05) is 19.0 Å². The highest BCUT2D eigenvalue weighted by Gasteiger charge is 2.34. The molecule has 1 aliphatic carbocycles. The summed E-state index contributed by atoms with van der Waals surface area (Å²) in [6.07, 6.45) is 0.980. The molecular weight excluding hydrogens is 380 g/mol. The van der Waals surface area contributed by atoms with Gasteiger partial charge in [-0.15, -0.1) is 0 Å². The minimum Gasteiger partial charge on any atom is -0.326 e. The van der Waals surface area contributed by atoms with Crippen molar-refractivity contribution in [3.63, 3.8) is 0 Å². The number of nitrogens with one attached hydrogen (secondary N) is 2. The van der Waals surface area contributed by atoms with Crippen LogP contribution in [0.5, 0.6) is 0 Å². The van der Waals surface area contributed by atoms with Crippen molar-refractivity contribution in [1.29, 1.82) is 0 Å². The number of carbonyl (C=O) groups is 2. The Morgan fingerprint density at radius 3 is 2.36 bits per heavy atom. The molecule has 0 saturated heterocycles. The van der Waals surface area contributed by atoms with Crippen molar-refractivity contribution in [3.05, 3.63) is 41.2 Å². The molecule has 1 heterocycles. The van der Waals surface area contributed by atoms with Crippen LogP contribution in [0.1, 0.15) is 48.9 Å². The van der Waals surface area contributed by atoms with Gasteiger partial charge < -0.3 is 5.32 Å². The van der Waals surface area contributed by atoms with Crippen molar-refractivity contribution in [3.8, 4) is 0 Å². The fourth-order valence-corrected chi connectivity index (χ4v) is 4.25. The first-order valence-corrected chi connectivity index (χ1v) is 10.3. The summed E-state index contributed by atoms with van der Waals surface area (Å²) in [5.41, 5.74) is 1.77. The maximum absolute atomic E-state index is 12.7. The highest BCUT2D eigenvalue weighted by atomic mass is 32.2. The molecule has 148 valence electrons. The minimum absolute atomic E-state index is 0.0111. The number of nitrogens with zero attached hydrogens (tertiary/aromatic N) is 2. The smallest absolute Gasteiger partial charge is 0.264 e. The highest BCUT2D eigenvalue weighted by molar-refractivity contribution is 7.92. The van der Waals surface area contributed by atoms with Crippen LogP contribution in [0.2, 0.25) is 0 Å². The van der Waals surface area contributed by atoms with Crippen molar-refractivity contribution in [2.24, 2.45) is 5.41 Å². The third-order valence-corrected chi connectivity index (χ3v) is 5.78. The second-order valence-corrected chi connectivity index (χ2v) is 9.39. The first-order valence-electron chi connectivity index (χ1n) is 8.78. The zero-order valence-electron chi connectivity index (χ0n) is 16.2. The monoisotopic (exact) mass is 402 g/mol. The Kier molecular flexibility index (Phi) is 4.97. The molecule has 0 aliphatic heterocycles. The van der Waals surface area contributed by atoms with Crippen LogP contribution in [0.15, 0.2) is 29.2 Å². The number of aromatic nitrogens is 2. The molecule has 3 rings (SSSR count). The molecule has 0 fully saturated rings. The molecular formula is C19H22N4O4S. The summed E-state index contributed by atoms with van der Waals surface area (Å²) in [6.45, 7) is 7.00. The fraction of sp³-hybridized carbons (Fsp3) is 0.368. The van der Waals surface area contributed by atoms with Crippen LogP contribution < -0.4 is 10.0 Å². The topological polar surface area (TPSA) is 118 Å². The van der Waals surface area contributed by atoms with Gasteiger partial charge in [0.1, 0.15) is 0 Å². The van der Waals surface area contributed by atoms with Gasteiger partial charge in [0.25, 0.3) is 10.0 Å². The van der Waals surface area contributed by atoms with E-state index in [0.717, 1.165) is 0 Å². The largest absolute Gasteiger partial charge is 0.326 e. The molecule has 0 spiro atoms. The predicted molar refractivity (Wildman–Crippen MR) is 105 cm³/mol. The number of hydrogen-bond donors (Lipinski definition) is 2. The number of ketones is 1. The summed E-state index contributed by atoms with van der Waals surface area (Å²) in [5.74, 6) is -0.330. The van der Waals surface area contributed by atoms with Crippen molar-refractivity contribution < 1.29 is 18.0 Å². The van der Waals surface area contributed by atoms with E-state index in [2.05, 4.69) is 20.0 Å². The Balaban J connectivity index is 1.90. The quantitative estimate of drug-likeness (QED) is 0.812. The third-order valence-electron chi connectivity index (χ3n) is 4.44. The number of Topliss-reactive ketones (excluding diaryl/α,β-unsaturated/α-hetero) is 1. The molecule has 1 amide bonds. The molecule has 2 N–H and O–H groups in total. The van der Waals surface area contributed by atoms with E-state index in [-0.39, 0.29) is 27.9 Å². The Morgan fingerprint density at radius 1 is 1.11 bits per heavy atom. The van der Waals surface area contributed by atoms with Gasteiger partial charge in [-0.1, -0.05) is 13.8 Å². The number of hydrogen-bond acceptors (Lipinski definition) is 6. The van der Waals surface area contributed by atoms with Gasteiger partial charge in [-0.3, -0.25) is 9.59 Å². The lowest BCUT2D eigenvalue weighted by molar-refractivity contribution is -0.114. The van der Waals surface area contributed by atoms with Crippen LogP contribution in [-0.2, 0) is 21.2 Å².